The number of nitrogens with one attached hydrogen (secondary N) is 1. The molecular formula is C16H24N4O. The fourth-order valence-electron chi connectivity index (χ4n) is 3.21. The molecule has 3 rings (SSSR count). The van der Waals surface area contributed by atoms with E-state index in [9.17, 15) is 0 Å². The van der Waals surface area contributed by atoms with E-state index in [4.69, 9.17) is 4.52 Å². The fourth-order valence-corrected chi connectivity index (χ4v) is 3.21. The second-order valence-corrected chi connectivity index (χ2v) is 6.06. The van der Waals surface area contributed by atoms with Crippen LogP contribution in [0.5, 0.6) is 0 Å². The average Bonchev–Trinajstić information content (AvgIpc) is 3.01. The molecular weight excluding hydrogens is 264 g/mol. The van der Waals surface area contributed by atoms with Gasteiger partial charge < -0.3 is 14.4 Å². The molecule has 5 heteroatoms. The van der Waals surface area contributed by atoms with Crippen molar-refractivity contribution in [2.24, 2.45) is 0 Å². The van der Waals surface area contributed by atoms with E-state index in [1.165, 1.54) is 32.1 Å². The summed E-state index contributed by atoms with van der Waals surface area (Å²) in [6.45, 7) is 6.70. The number of aryl methyl sites for hydroxylation is 3. The Bertz CT molecular complexity index is 588. The summed E-state index contributed by atoms with van der Waals surface area (Å²) in [5.74, 6) is 1.85. The lowest BCUT2D eigenvalue weighted by Gasteiger charge is -2.24. The van der Waals surface area contributed by atoms with Gasteiger partial charge in [-0.3, -0.25) is 0 Å². The van der Waals surface area contributed by atoms with Crippen molar-refractivity contribution >= 4 is 5.95 Å². The predicted molar refractivity (Wildman–Crippen MR) is 82.4 cm³/mol. The molecule has 0 aliphatic heterocycles. The van der Waals surface area contributed by atoms with Crippen LogP contribution in [-0.2, 0) is 6.54 Å². The quantitative estimate of drug-likeness (QED) is 0.926. The maximum atomic E-state index is 5.22. The number of anilines is 1. The number of hydrogen-bond donors (Lipinski definition) is 1. The molecule has 0 spiro atoms. The van der Waals surface area contributed by atoms with Crippen LogP contribution < -0.4 is 5.32 Å². The van der Waals surface area contributed by atoms with Crippen LogP contribution in [0, 0.1) is 20.8 Å². The molecule has 0 saturated heterocycles. The molecule has 2 heterocycles. The van der Waals surface area contributed by atoms with Crippen molar-refractivity contribution in [3.05, 3.63) is 28.9 Å². The highest BCUT2D eigenvalue weighted by atomic mass is 16.5. The van der Waals surface area contributed by atoms with Gasteiger partial charge in [-0.05, 0) is 33.6 Å². The Balaban J connectivity index is 1.76. The third-order valence-electron chi connectivity index (χ3n) is 4.43. The van der Waals surface area contributed by atoms with Crippen LogP contribution in [0.15, 0.2) is 10.7 Å². The second-order valence-electron chi connectivity index (χ2n) is 6.06. The van der Waals surface area contributed by atoms with Crippen molar-refractivity contribution in [3.8, 4) is 0 Å². The Hall–Kier alpha value is -1.78. The Morgan fingerprint density at radius 1 is 1.24 bits per heavy atom. The Morgan fingerprint density at radius 3 is 2.67 bits per heavy atom. The summed E-state index contributed by atoms with van der Waals surface area (Å²) in [6.07, 6.45) is 8.71. The zero-order valence-corrected chi connectivity index (χ0v) is 13.1. The maximum absolute atomic E-state index is 5.22. The highest BCUT2D eigenvalue weighted by Crippen LogP contribution is 2.31. The lowest BCUT2D eigenvalue weighted by molar-refractivity contribution is 0.355. The van der Waals surface area contributed by atoms with Crippen LogP contribution in [0.3, 0.4) is 0 Å². The van der Waals surface area contributed by atoms with Crippen molar-refractivity contribution in [3.63, 3.8) is 0 Å². The molecule has 2 aromatic rings. The summed E-state index contributed by atoms with van der Waals surface area (Å²) >= 11 is 0. The van der Waals surface area contributed by atoms with Gasteiger partial charge in [-0.2, -0.15) is 0 Å². The molecule has 1 fully saturated rings. The van der Waals surface area contributed by atoms with Crippen LogP contribution in [0.25, 0.3) is 0 Å². The van der Waals surface area contributed by atoms with Crippen molar-refractivity contribution < 1.29 is 4.52 Å². The normalized spacial score (nSPS) is 16.3. The first-order valence-electron chi connectivity index (χ1n) is 7.86. The number of hydrogen-bond acceptors (Lipinski definition) is 4. The largest absolute Gasteiger partial charge is 0.361 e. The topological polar surface area (TPSA) is 55.9 Å². The highest BCUT2D eigenvalue weighted by molar-refractivity contribution is 5.33. The first-order chi connectivity index (χ1) is 10.1. The van der Waals surface area contributed by atoms with Gasteiger partial charge in [0.15, 0.2) is 0 Å². The van der Waals surface area contributed by atoms with Gasteiger partial charge >= 0.3 is 0 Å². The van der Waals surface area contributed by atoms with Crippen LogP contribution in [0.1, 0.15) is 60.9 Å². The molecule has 5 nitrogen and oxygen atoms in total. The molecule has 0 radical (unpaired) electrons. The van der Waals surface area contributed by atoms with Crippen molar-refractivity contribution in [2.75, 3.05) is 5.32 Å². The lowest BCUT2D eigenvalue weighted by atomic mass is 9.95. The molecule has 1 saturated carbocycles. The summed E-state index contributed by atoms with van der Waals surface area (Å²) < 4.78 is 7.54. The predicted octanol–water partition coefficient (Wildman–Crippen LogP) is 3.91. The maximum Gasteiger partial charge on any atom is 0.203 e. The summed E-state index contributed by atoms with van der Waals surface area (Å²) in [7, 11) is 0. The Morgan fingerprint density at radius 2 is 2.00 bits per heavy atom. The van der Waals surface area contributed by atoms with Gasteiger partial charge in [-0.25, -0.2) is 4.98 Å². The Labute approximate surface area is 125 Å². The smallest absolute Gasteiger partial charge is 0.203 e. The van der Waals surface area contributed by atoms with E-state index in [1.54, 1.807) is 0 Å². The van der Waals surface area contributed by atoms with Crippen LogP contribution in [-0.4, -0.2) is 14.7 Å². The van der Waals surface area contributed by atoms with Crippen molar-refractivity contribution in [2.45, 2.75) is 65.5 Å². The van der Waals surface area contributed by atoms with Crippen molar-refractivity contribution in [1.29, 1.82) is 0 Å². The minimum Gasteiger partial charge on any atom is -0.361 e. The minimum absolute atomic E-state index is 0.590. The fraction of sp³-hybridized carbons (Fsp3) is 0.625. The van der Waals surface area contributed by atoms with E-state index in [0.29, 0.717) is 12.6 Å². The van der Waals surface area contributed by atoms with E-state index in [2.05, 4.69) is 33.1 Å². The summed E-state index contributed by atoms with van der Waals surface area (Å²) in [4.78, 5) is 4.65. The summed E-state index contributed by atoms with van der Waals surface area (Å²) in [5, 5.41) is 7.47. The molecule has 1 aliphatic rings. The van der Waals surface area contributed by atoms with Crippen LogP contribution in [0.4, 0.5) is 5.95 Å². The van der Waals surface area contributed by atoms with Gasteiger partial charge in [0, 0.05) is 24.3 Å². The number of nitrogens with zero attached hydrogens (tertiary/aromatic N) is 3. The van der Waals surface area contributed by atoms with Gasteiger partial charge in [-0.15, -0.1) is 0 Å². The third-order valence-corrected chi connectivity index (χ3v) is 4.43. The van der Waals surface area contributed by atoms with E-state index in [0.717, 1.165) is 28.7 Å². The van der Waals surface area contributed by atoms with Gasteiger partial charge in [0.2, 0.25) is 5.95 Å². The molecule has 114 valence electrons. The standard InChI is InChI=1S/C16H24N4O/c1-11-10-20(14-7-5-4-6-8-14)16(18-11)17-9-15-12(2)19-21-13(15)3/h10,14H,4-9H2,1-3H3,(H,17,18). The molecule has 21 heavy (non-hydrogen) atoms. The van der Waals surface area contributed by atoms with E-state index in [-0.39, 0.29) is 0 Å². The zero-order valence-electron chi connectivity index (χ0n) is 13.1. The molecule has 1 aliphatic carbocycles. The summed E-state index contributed by atoms with van der Waals surface area (Å²) in [5.41, 5.74) is 3.15. The van der Waals surface area contributed by atoms with Gasteiger partial charge in [0.25, 0.3) is 0 Å². The minimum atomic E-state index is 0.590. The molecule has 1 N–H and O–H groups in total. The van der Waals surface area contributed by atoms with Gasteiger partial charge in [0.1, 0.15) is 5.76 Å². The molecule has 0 atom stereocenters. The molecule has 0 unspecified atom stereocenters. The van der Waals surface area contributed by atoms with Gasteiger partial charge in [-0.1, -0.05) is 24.4 Å². The Kier molecular flexibility index (Phi) is 3.99. The van der Waals surface area contributed by atoms with E-state index >= 15 is 0 Å². The number of aromatic nitrogens is 3. The monoisotopic (exact) mass is 288 g/mol. The van der Waals surface area contributed by atoms with Crippen LogP contribution >= 0.6 is 0 Å². The molecule has 0 amide bonds. The molecule has 0 bridgehead atoms. The van der Waals surface area contributed by atoms with E-state index in [1.807, 2.05) is 13.8 Å². The van der Waals surface area contributed by atoms with Crippen LogP contribution in [0.2, 0.25) is 0 Å². The lowest BCUT2D eigenvalue weighted by Crippen LogP contribution is -2.15. The number of rotatable bonds is 4. The average molecular weight is 288 g/mol. The second kappa shape index (κ2) is 5.92. The summed E-state index contributed by atoms with van der Waals surface area (Å²) in [6, 6.07) is 0.590. The van der Waals surface area contributed by atoms with Crippen molar-refractivity contribution in [1.82, 2.24) is 14.7 Å². The SMILES string of the molecule is Cc1cn(C2CCCCC2)c(NCc2c(C)noc2C)n1. The third kappa shape index (κ3) is 2.96. The molecule has 0 aromatic carbocycles. The number of imidazole rings is 1. The van der Waals surface area contributed by atoms with E-state index < -0.39 is 0 Å². The first-order valence-corrected chi connectivity index (χ1v) is 7.86. The first kappa shape index (κ1) is 14.2. The highest BCUT2D eigenvalue weighted by Gasteiger charge is 2.19. The zero-order chi connectivity index (χ0) is 14.8. The molecule has 2 aromatic heterocycles. The van der Waals surface area contributed by atoms with Gasteiger partial charge in [0.05, 0.1) is 11.4 Å².